The monoisotopic (exact) mass is 292 g/mol. The Kier molecular flexibility index (Phi) is 4.31. The Morgan fingerprint density at radius 1 is 1.60 bits per heavy atom. The number of hydrogen-bond acceptors (Lipinski definition) is 6. The van der Waals surface area contributed by atoms with Crippen molar-refractivity contribution in [1.29, 1.82) is 5.26 Å². The zero-order valence-corrected chi connectivity index (χ0v) is 12.9. The van der Waals surface area contributed by atoms with E-state index in [1.807, 2.05) is 13.8 Å². The minimum atomic E-state index is -0.118. The molecular formula is C14H20N4OS. The van der Waals surface area contributed by atoms with Gasteiger partial charge in [0.25, 0.3) is 0 Å². The molecular weight excluding hydrogens is 272 g/mol. The molecule has 0 spiro atoms. The first-order chi connectivity index (χ1) is 9.43. The highest BCUT2D eigenvalue weighted by atomic mass is 32.1. The van der Waals surface area contributed by atoms with Crippen LogP contribution >= 0.6 is 11.3 Å². The summed E-state index contributed by atoms with van der Waals surface area (Å²) < 4.78 is 0. The lowest BCUT2D eigenvalue weighted by molar-refractivity contribution is 0.0944. The van der Waals surface area contributed by atoms with Crippen molar-refractivity contribution in [2.75, 3.05) is 31.2 Å². The molecule has 6 heteroatoms. The quantitative estimate of drug-likeness (QED) is 0.831. The van der Waals surface area contributed by atoms with Crippen LogP contribution in [-0.4, -0.2) is 36.9 Å². The van der Waals surface area contributed by atoms with Crippen LogP contribution in [0.15, 0.2) is 0 Å². The summed E-state index contributed by atoms with van der Waals surface area (Å²) in [6.07, 6.45) is 1.03. The molecule has 1 saturated heterocycles. The van der Waals surface area contributed by atoms with Crippen molar-refractivity contribution in [2.24, 2.45) is 5.92 Å². The number of hydrogen-bond donors (Lipinski definition) is 2. The molecule has 5 nitrogen and oxygen atoms in total. The van der Waals surface area contributed by atoms with Gasteiger partial charge >= 0.3 is 0 Å². The molecule has 1 aliphatic rings. The molecule has 0 saturated carbocycles. The Morgan fingerprint density at radius 3 is 2.80 bits per heavy atom. The molecule has 1 aromatic rings. The van der Waals surface area contributed by atoms with Gasteiger partial charge in [0.15, 0.2) is 5.78 Å². The number of ketones is 1. The van der Waals surface area contributed by atoms with E-state index in [2.05, 4.69) is 23.3 Å². The lowest BCUT2D eigenvalue weighted by atomic mass is 10.1. The van der Waals surface area contributed by atoms with Gasteiger partial charge in [0.05, 0.1) is 10.6 Å². The Balaban J connectivity index is 2.27. The molecule has 0 aromatic carbocycles. The maximum Gasteiger partial charge on any atom is 0.177 e. The molecule has 2 heterocycles. The van der Waals surface area contributed by atoms with Crippen LogP contribution in [0, 0.1) is 17.2 Å². The smallest absolute Gasteiger partial charge is 0.177 e. The van der Waals surface area contributed by atoms with Crippen LogP contribution in [0.4, 0.5) is 10.7 Å². The van der Waals surface area contributed by atoms with E-state index in [0.717, 1.165) is 24.5 Å². The van der Waals surface area contributed by atoms with Gasteiger partial charge in [-0.15, -0.1) is 11.3 Å². The summed E-state index contributed by atoms with van der Waals surface area (Å²) in [6.45, 7) is 5.66. The van der Waals surface area contributed by atoms with Crippen LogP contribution < -0.4 is 11.1 Å². The number of carbonyl (C=O) groups excluding carboxylic acids is 1. The van der Waals surface area contributed by atoms with Gasteiger partial charge in [0.2, 0.25) is 0 Å². The Labute approximate surface area is 123 Å². The van der Waals surface area contributed by atoms with Gasteiger partial charge in [0.1, 0.15) is 16.6 Å². The number of Topliss-reactive ketones (excluding diaryl/α,β-unsaturated/α-hetero) is 1. The van der Waals surface area contributed by atoms with Crippen molar-refractivity contribution in [3.8, 4) is 6.07 Å². The summed E-state index contributed by atoms with van der Waals surface area (Å²) >= 11 is 1.31. The summed E-state index contributed by atoms with van der Waals surface area (Å²) in [5.74, 6) is -0.117. The summed E-state index contributed by atoms with van der Waals surface area (Å²) in [6, 6.07) is 2.43. The van der Waals surface area contributed by atoms with Gasteiger partial charge in [-0.1, -0.05) is 13.8 Å². The number of nitrogens with one attached hydrogen (secondary N) is 1. The number of nitrogen functional groups attached to an aromatic ring is 1. The van der Waals surface area contributed by atoms with Crippen molar-refractivity contribution in [2.45, 2.75) is 26.3 Å². The zero-order valence-electron chi connectivity index (χ0n) is 12.1. The van der Waals surface area contributed by atoms with Gasteiger partial charge in [0, 0.05) is 18.5 Å². The Hall–Kier alpha value is -1.58. The molecule has 2 rings (SSSR count). The number of nitrogens with two attached hydrogens (primary N) is 1. The predicted octanol–water partition coefficient (Wildman–Crippen LogP) is 2.16. The normalized spacial score (nSPS) is 19.2. The molecule has 1 aliphatic heterocycles. The van der Waals surface area contributed by atoms with E-state index in [1.165, 1.54) is 11.3 Å². The number of nitriles is 1. The lowest BCUT2D eigenvalue weighted by Gasteiger charge is -2.12. The highest BCUT2D eigenvalue weighted by molar-refractivity contribution is 7.19. The third-order valence-corrected chi connectivity index (χ3v) is 4.68. The van der Waals surface area contributed by atoms with Crippen molar-refractivity contribution >= 4 is 27.8 Å². The Bertz CT molecular complexity index is 558. The highest BCUT2D eigenvalue weighted by Gasteiger charge is 2.26. The number of nitrogens with zero attached hydrogens (tertiary/aromatic N) is 2. The average Bonchev–Trinajstić information content (AvgIpc) is 2.93. The molecule has 0 bridgehead atoms. The summed E-state index contributed by atoms with van der Waals surface area (Å²) in [4.78, 5) is 14.9. The van der Waals surface area contributed by atoms with E-state index in [9.17, 15) is 10.1 Å². The fraction of sp³-hybridized carbons (Fsp3) is 0.571. The topological polar surface area (TPSA) is 82.2 Å². The summed E-state index contributed by atoms with van der Waals surface area (Å²) in [5.41, 5.74) is 6.71. The van der Waals surface area contributed by atoms with Crippen molar-refractivity contribution in [1.82, 2.24) is 4.90 Å². The first kappa shape index (κ1) is 14.8. The second kappa shape index (κ2) is 5.81. The van der Waals surface area contributed by atoms with Crippen LogP contribution in [0.2, 0.25) is 0 Å². The number of likely N-dealkylation sites (tertiary alicyclic amines) is 1. The largest absolute Gasteiger partial charge is 0.396 e. The van der Waals surface area contributed by atoms with Crippen molar-refractivity contribution < 1.29 is 4.79 Å². The summed E-state index contributed by atoms with van der Waals surface area (Å²) in [5, 5.41) is 13.4. The molecule has 1 unspecified atom stereocenters. The average molecular weight is 292 g/mol. The molecule has 0 amide bonds. The van der Waals surface area contributed by atoms with E-state index in [1.54, 1.807) is 0 Å². The fourth-order valence-electron chi connectivity index (χ4n) is 2.34. The summed E-state index contributed by atoms with van der Waals surface area (Å²) in [7, 11) is 2.07. The van der Waals surface area contributed by atoms with E-state index >= 15 is 0 Å². The van der Waals surface area contributed by atoms with E-state index in [0.29, 0.717) is 22.2 Å². The minimum Gasteiger partial charge on any atom is -0.396 e. The standard InChI is InChI=1S/C14H20N4OS/c1-8(2)12(19)13-11(16)10(6-15)14(20-13)17-9-4-5-18(3)7-9/h8-9,17H,4-5,7,16H2,1-3H3. The number of carbonyl (C=O) groups is 1. The van der Waals surface area contributed by atoms with Crippen LogP contribution in [0.1, 0.15) is 35.5 Å². The molecule has 1 fully saturated rings. The van der Waals surface area contributed by atoms with Gasteiger partial charge in [-0.2, -0.15) is 5.26 Å². The maximum absolute atomic E-state index is 12.1. The number of anilines is 2. The molecule has 0 aliphatic carbocycles. The first-order valence-corrected chi connectivity index (χ1v) is 7.57. The molecule has 108 valence electrons. The van der Waals surface area contributed by atoms with Crippen LogP contribution in [0.25, 0.3) is 0 Å². The van der Waals surface area contributed by atoms with Crippen LogP contribution in [-0.2, 0) is 0 Å². The second-order valence-corrected chi connectivity index (χ2v) is 6.59. The molecule has 1 atom stereocenters. The van der Waals surface area contributed by atoms with Gasteiger partial charge in [-0.05, 0) is 20.0 Å². The van der Waals surface area contributed by atoms with Gasteiger partial charge < -0.3 is 16.0 Å². The molecule has 0 radical (unpaired) electrons. The van der Waals surface area contributed by atoms with E-state index < -0.39 is 0 Å². The van der Waals surface area contributed by atoms with Crippen LogP contribution in [0.5, 0.6) is 0 Å². The lowest BCUT2D eigenvalue weighted by Crippen LogP contribution is -2.23. The van der Waals surface area contributed by atoms with Gasteiger partial charge in [-0.25, -0.2) is 0 Å². The van der Waals surface area contributed by atoms with Crippen LogP contribution in [0.3, 0.4) is 0 Å². The SMILES string of the molecule is CC(C)C(=O)c1sc(NC2CCN(C)C2)c(C#N)c1N. The second-order valence-electron chi connectivity index (χ2n) is 5.57. The molecule has 20 heavy (non-hydrogen) atoms. The molecule has 1 aromatic heterocycles. The third kappa shape index (κ3) is 2.79. The van der Waals surface area contributed by atoms with Gasteiger partial charge in [-0.3, -0.25) is 4.79 Å². The predicted molar refractivity (Wildman–Crippen MR) is 82.1 cm³/mol. The first-order valence-electron chi connectivity index (χ1n) is 6.75. The van der Waals surface area contributed by atoms with Crippen molar-refractivity contribution in [3.05, 3.63) is 10.4 Å². The minimum absolute atomic E-state index is 0.000546. The Morgan fingerprint density at radius 2 is 2.30 bits per heavy atom. The van der Waals surface area contributed by atoms with E-state index in [4.69, 9.17) is 5.73 Å². The molecule has 3 N–H and O–H groups in total. The highest BCUT2D eigenvalue weighted by Crippen LogP contribution is 2.37. The van der Waals surface area contributed by atoms with Crippen molar-refractivity contribution in [3.63, 3.8) is 0 Å². The fourth-order valence-corrected chi connectivity index (χ4v) is 3.58. The zero-order chi connectivity index (χ0) is 14.9. The van der Waals surface area contributed by atoms with E-state index in [-0.39, 0.29) is 11.7 Å². The maximum atomic E-state index is 12.1. The number of thiophene rings is 1. The number of rotatable bonds is 4. The third-order valence-electron chi connectivity index (χ3n) is 3.53. The number of likely N-dealkylation sites (N-methyl/N-ethyl adjacent to an activating group) is 1.